The first-order chi connectivity index (χ1) is 17.6. The molecule has 5 aromatic rings. The van der Waals surface area contributed by atoms with Gasteiger partial charge in [0.05, 0.1) is 16.6 Å². The molecule has 5 rings (SSSR count). The molecule has 36 heavy (non-hydrogen) atoms. The molecule has 0 aliphatic carbocycles. The molecule has 0 unspecified atom stereocenters. The van der Waals surface area contributed by atoms with Crippen molar-refractivity contribution in [3.05, 3.63) is 137 Å². The maximum Gasteiger partial charge on any atom is 0.280 e. The second-order valence-electron chi connectivity index (χ2n) is 7.99. The van der Waals surface area contributed by atoms with Crippen LogP contribution in [0.2, 0.25) is 0 Å². The number of carbonyl (C=O) groups is 2. The zero-order chi connectivity index (χ0) is 24.9. The number of carbonyl (C=O) groups excluding carboxylic acids is 2. The Kier molecular flexibility index (Phi) is 6.73. The van der Waals surface area contributed by atoms with Crippen molar-refractivity contribution in [2.75, 3.05) is 5.43 Å². The van der Waals surface area contributed by atoms with Crippen LogP contribution in [0.15, 0.2) is 125 Å². The smallest absolute Gasteiger partial charge is 0.280 e. The summed E-state index contributed by atoms with van der Waals surface area (Å²) in [7, 11) is 0. The highest BCUT2D eigenvalue weighted by atomic mass is 32.2. The number of ketones is 2. The zero-order valence-corrected chi connectivity index (χ0v) is 19.9. The van der Waals surface area contributed by atoms with E-state index in [0.29, 0.717) is 27.7 Å². The van der Waals surface area contributed by atoms with E-state index in [9.17, 15) is 14.4 Å². The lowest BCUT2D eigenvalue weighted by Crippen LogP contribution is -2.32. The SMILES string of the molecule is O=C(c1ccccc1)C(Sc1nc2ccccc2c(=O)n1Nc1ccccc1)C(=O)c1ccccc1. The number of anilines is 1. The van der Waals surface area contributed by atoms with Gasteiger partial charge in [0, 0.05) is 11.1 Å². The number of hydrogen-bond donors (Lipinski definition) is 1. The van der Waals surface area contributed by atoms with Crippen LogP contribution in [0.5, 0.6) is 0 Å². The molecule has 4 aromatic carbocycles. The Hall–Kier alpha value is -4.49. The van der Waals surface area contributed by atoms with Crippen LogP contribution in [0.4, 0.5) is 5.69 Å². The molecular weight excluding hydrogens is 470 g/mol. The first-order valence-corrected chi connectivity index (χ1v) is 12.2. The van der Waals surface area contributed by atoms with E-state index in [0.717, 1.165) is 11.8 Å². The van der Waals surface area contributed by atoms with E-state index < -0.39 is 5.25 Å². The number of fused-ring (bicyclic) bond motifs is 1. The van der Waals surface area contributed by atoms with Crippen molar-refractivity contribution in [2.24, 2.45) is 0 Å². The maximum absolute atomic E-state index is 13.6. The number of nitrogens with one attached hydrogen (secondary N) is 1. The predicted octanol–water partition coefficient (Wildman–Crippen LogP) is 5.50. The molecule has 1 aromatic heterocycles. The molecule has 0 aliphatic rings. The molecule has 6 nitrogen and oxygen atoms in total. The molecule has 0 saturated carbocycles. The van der Waals surface area contributed by atoms with Gasteiger partial charge in [0.25, 0.3) is 5.56 Å². The molecule has 0 atom stereocenters. The molecular formula is C29H21N3O3S. The fourth-order valence-electron chi connectivity index (χ4n) is 3.77. The van der Waals surface area contributed by atoms with Gasteiger partial charge in [0.2, 0.25) is 0 Å². The van der Waals surface area contributed by atoms with Crippen molar-refractivity contribution < 1.29 is 9.59 Å². The van der Waals surface area contributed by atoms with Gasteiger partial charge in [0.1, 0.15) is 5.25 Å². The Morgan fingerprint density at radius 1 is 0.694 bits per heavy atom. The molecule has 7 heteroatoms. The number of thioether (sulfide) groups is 1. The minimum Gasteiger partial charge on any atom is -0.292 e. The summed E-state index contributed by atoms with van der Waals surface area (Å²) in [5, 5.41) is -0.515. The van der Waals surface area contributed by atoms with E-state index in [1.54, 1.807) is 72.8 Å². The maximum atomic E-state index is 13.6. The average molecular weight is 492 g/mol. The van der Waals surface area contributed by atoms with Gasteiger partial charge in [-0.3, -0.25) is 19.8 Å². The van der Waals surface area contributed by atoms with Crippen molar-refractivity contribution in [2.45, 2.75) is 10.4 Å². The first kappa shape index (κ1) is 23.3. The Balaban J connectivity index is 1.64. The van der Waals surface area contributed by atoms with Crippen molar-refractivity contribution in [1.29, 1.82) is 0 Å². The highest BCUT2D eigenvalue weighted by molar-refractivity contribution is 8.01. The van der Waals surface area contributed by atoms with E-state index in [1.165, 1.54) is 4.68 Å². The molecule has 176 valence electrons. The van der Waals surface area contributed by atoms with Crippen molar-refractivity contribution in [3.8, 4) is 0 Å². The number of nitrogens with zero attached hydrogens (tertiary/aromatic N) is 2. The highest BCUT2D eigenvalue weighted by Crippen LogP contribution is 2.28. The molecule has 1 N–H and O–H groups in total. The van der Waals surface area contributed by atoms with Crippen LogP contribution in [-0.2, 0) is 0 Å². The second-order valence-corrected chi connectivity index (χ2v) is 9.06. The number of benzene rings is 4. The summed E-state index contributed by atoms with van der Waals surface area (Å²) in [6.45, 7) is 0. The molecule has 1 heterocycles. The van der Waals surface area contributed by atoms with Crippen molar-refractivity contribution in [1.82, 2.24) is 9.66 Å². The Morgan fingerprint density at radius 2 is 1.19 bits per heavy atom. The fourth-order valence-corrected chi connectivity index (χ4v) is 4.85. The van der Waals surface area contributed by atoms with Crippen molar-refractivity contribution in [3.63, 3.8) is 0 Å². The number of rotatable bonds is 8. The highest BCUT2D eigenvalue weighted by Gasteiger charge is 2.31. The Bertz CT molecular complexity index is 1540. The van der Waals surface area contributed by atoms with Gasteiger partial charge in [-0.25, -0.2) is 4.98 Å². The van der Waals surface area contributed by atoms with Gasteiger partial charge in [-0.05, 0) is 24.3 Å². The van der Waals surface area contributed by atoms with Crippen LogP contribution in [0.3, 0.4) is 0 Å². The summed E-state index contributed by atoms with van der Waals surface area (Å²) >= 11 is 0.960. The average Bonchev–Trinajstić information content (AvgIpc) is 2.94. The molecule has 0 radical (unpaired) electrons. The number of aromatic nitrogens is 2. The van der Waals surface area contributed by atoms with Gasteiger partial charge >= 0.3 is 0 Å². The van der Waals surface area contributed by atoms with Crippen LogP contribution in [0.25, 0.3) is 10.9 Å². The summed E-state index contributed by atoms with van der Waals surface area (Å²) in [5.74, 6) is -0.716. The summed E-state index contributed by atoms with van der Waals surface area (Å²) in [6, 6.07) is 33.5. The molecule has 0 bridgehead atoms. The van der Waals surface area contributed by atoms with Gasteiger partial charge in [-0.2, -0.15) is 4.68 Å². The third-order valence-electron chi connectivity index (χ3n) is 5.58. The third kappa shape index (κ3) is 4.82. The lowest BCUT2D eigenvalue weighted by molar-refractivity contribution is 0.0903. The van der Waals surface area contributed by atoms with E-state index in [2.05, 4.69) is 10.4 Å². The van der Waals surface area contributed by atoms with E-state index >= 15 is 0 Å². The molecule has 0 spiro atoms. The van der Waals surface area contributed by atoms with Crippen LogP contribution in [0.1, 0.15) is 20.7 Å². The molecule has 0 amide bonds. The van der Waals surface area contributed by atoms with Gasteiger partial charge in [-0.15, -0.1) is 0 Å². The van der Waals surface area contributed by atoms with E-state index in [4.69, 9.17) is 0 Å². The van der Waals surface area contributed by atoms with Gasteiger partial charge < -0.3 is 0 Å². The lowest BCUT2D eigenvalue weighted by atomic mass is 10.0. The minimum absolute atomic E-state index is 0.209. The van der Waals surface area contributed by atoms with E-state index in [-0.39, 0.29) is 22.3 Å². The second kappa shape index (κ2) is 10.4. The van der Waals surface area contributed by atoms with Gasteiger partial charge in [-0.1, -0.05) is 103 Å². The number of para-hydroxylation sites is 2. The first-order valence-electron chi connectivity index (χ1n) is 11.3. The van der Waals surface area contributed by atoms with Crippen LogP contribution < -0.4 is 11.0 Å². The molecule has 0 saturated heterocycles. The van der Waals surface area contributed by atoms with E-state index in [1.807, 2.05) is 42.5 Å². The summed E-state index contributed by atoms with van der Waals surface area (Å²) < 4.78 is 1.30. The predicted molar refractivity (Wildman–Crippen MR) is 143 cm³/mol. The summed E-state index contributed by atoms with van der Waals surface area (Å²) in [5.41, 5.74) is 4.73. The fraction of sp³-hybridized carbons (Fsp3) is 0.0345. The lowest BCUT2D eigenvalue weighted by Gasteiger charge is -2.19. The Morgan fingerprint density at radius 3 is 1.78 bits per heavy atom. The summed E-state index contributed by atoms with van der Waals surface area (Å²) in [6.07, 6.45) is 0. The monoisotopic (exact) mass is 491 g/mol. The third-order valence-corrected chi connectivity index (χ3v) is 6.72. The summed E-state index contributed by atoms with van der Waals surface area (Å²) in [4.78, 5) is 45.4. The zero-order valence-electron chi connectivity index (χ0n) is 19.1. The minimum atomic E-state index is -1.15. The van der Waals surface area contributed by atoms with Crippen LogP contribution in [-0.4, -0.2) is 26.5 Å². The normalized spacial score (nSPS) is 10.9. The Labute approximate surface area is 211 Å². The van der Waals surface area contributed by atoms with Crippen molar-refractivity contribution >= 4 is 39.9 Å². The number of hydrogen-bond acceptors (Lipinski definition) is 6. The standard InChI is InChI=1S/C29H21N3O3S/c33-25(20-12-4-1-5-13-20)27(26(34)21-14-6-2-7-15-21)36-29-30-24-19-11-10-18-23(24)28(35)32(29)31-22-16-8-3-9-17-22/h1-19,27,31H. The topological polar surface area (TPSA) is 81.1 Å². The van der Waals surface area contributed by atoms with Crippen LogP contribution >= 0.6 is 11.8 Å². The quantitative estimate of drug-likeness (QED) is 0.134. The van der Waals surface area contributed by atoms with Crippen LogP contribution in [0, 0.1) is 0 Å². The largest absolute Gasteiger partial charge is 0.292 e. The molecule has 0 aliphatic heterocycles. The van der Waals surface area contributed by atoms with Gasteiger partial charge in [0.15, 0.2) is 16.7 Å². The number of Topliss-reactive ketones (excluding diaryl/α,β-unsaturated/α-hetero) is 2. The molecule has 0 fully saturated rings.